The molecule has 0 saturated carbocycles. The zero-order chi connectivity index (χ0) is 32.7. The van der Waals surface area contributed by atoms with Gasteiger partial charge in [0.2, 0.25) is 5.91 Å². The smallest absolute Gasteiger partial charge is 0.416 e. The van der Waals surface area contributed by atoms with Crippen LogP contribution in [-0.4, -0.2) is 52.2 Å². The van der Waals surface area contributed by atoms with Gasteiger partial charge < -0.3 is 19.9 Å². The summed E-state index contributed by atoms with van der Waals surface area (Å²) >= 11 is 0. The van der Waals surface area contributed by atoms with E-state index in [2.05, 4.69) is 10.1 Å². The summed E-state index contributed by atoms with van der Waals surface area (Å²) in [6.45, 7) is -0.864. The molecule has 2 N–H and O–H groups in total. The topological polar surface area (TPSA) is 122 Å². The summed E-state index contributed by atoms with van der Waals surface area (Å²) in [4.78, 5) is 18.3. The number of carbonyl (C=O) groups is 2. The molecule has 1 amide bonds. The Kier molecular flexibility index (Phi) is 11.1. The van der Waals surface area contributed by atoms with Crippen molar-refractivity contribution in [2.24, 2.45) is 5.92 Å². The molecule has 2 aliphatic heterocycles. The van der Waals surface area contributed by atoms with Gasteiger partial charge >= 0.3 is 12.8 Å². The fourth-order valence-electron chi connectivity index (χ4n) is 4.20. The number of alkyl halides is 5. The summed E-state index contributed by atoms with van der Waals surface area (Å²) in [5, 5.41) is 9.62. The SMILES string of the molecule is CC1CCNC1=O.O=CO.O=S(=O)(c1cccc(C(F)(F)F)c1)N1CCOc2ccc(-c3cc(F)cc(OC(F)F)c3)cc21. The Morgan fingerprint density at radius 2 is 1.80 bits per heavy atom. The zero-order valence-electron chi connectivity index (χ0n) is 22.9. The first-order valence-corrected chi connectivity index (χ1v) is 14.2. The van der Waals surface area contributed by atoms with Crippen LogP contribution in [0.4, 0.5) is 32.0 Å². The van der Waals surface area contributed by atoms with Crippen molar-refractivity contribution in [3.05, 3.63) is 72.0 Å². The molecule has 2 aliphatic rings. The lowest BCUT2D eigenvalue weighted by Gasteiger charge is -2.31. The predicted molar refractivity (Wildman–Crippen MR) is 145 cm³/mol. The van der Waals surface area contributed by atoms with E-state index in [9.17, 15) is 39.6 Å². The number of nitrogens with zero attached hydrogens (tertiary/aromatic N) is 1. The van der Waals surface area contributed by atoms with Crippen molar-refractivity contribution in [2.45, 2.75) is 31.0 Å². The van der Waals surface area contributed by atoms with Crippen molar-refractivity contribution >= 4 is 28.1 Å². The van der Waals surface area contributed by atoms with Crippen LogP contribution in [0, 0.1) is 11.7 Å². The lowest BCUT2D eigenvalue weighted by atomic mass is 10.0. The number of carboxylic acid groups (broad SMARTS) is 1. The van der Waals surface area contributed by atoms with Crippen LogP contribution in [0.5, 0.6) is 11.5 Å². The molecule has 9 nitrogen and oxygen atoms in total. The molecule has 0 bridgehead atoms. The number of nitrogens with one attached hydrogen (secondary N) is 1. The molecule has 1 atom stereocenters. The number of benzene rings is 3. The molecule has 3 aromatic rings. The van der Waals surface area contributed by atoms with Crippen LogP contribution in [0.25, 0.3) is 11.1 Å². The van der Waals surface area contributed by atoms with Gasteiger partial charge in [-0.2, -0.15) is 22.0 Å². The molecule has 1 unspecified atom stereocenters. The molecule has 1 saturated heterocycles. The summed E-state index contributed by atoms with van der Waals surface area (Å²) in [6.07, 6.45) is -3.73. The van der Waals surface area contributed by atoms with E-state index in [1.807, 2.05) is 6.92 Å². The van der Waals surface area contributed by atoms with Crippen LogP contribution < -0.4 is 19.1 Å². The van der Waals surface area contributed by atoms with Gasteiger partial charge in [-0.1, -0.05) is 19.1 Å². The molecule has 0 spiro atoms. The van der Waals surface area contributed by atoms with Gasteiger partial charge in [0.15, 0.2) is 0 Å². The Morgan fingerprint density at radius 1 is 1.09 bits per heavy atom. The third kappa shape index (κ3) is 8.55. The Balaban J connectivity index is 0.000000453. The van der Waals surface area contributed by atoms with Gasteiger partial charge in [-0.3, -0.25) is 13.9 Å². The molecule has 238 valence electrons. The van der Waals surface area contributed by atoms with Gasteiger partial charge in [-0.05, 0) is 60.0 Å². The number of fused-ring (bicyclic) bond motifs is 1. The zero-order valence-corrected chi connectivity index (χ0v) is 23.7. The third-order valence-electron chi connectivity index (χ3n) is 6.28. The Hall–Kier alpha value is -4.47. The minimum absolute atomic E-state index is 0.00162. The summed E-state index contributed by atoms with van der Waals surface area (Å²) in [5.41, 5.74) is -0.767. The number of carbonyl (C=O) groups excluding carboxylic acids is 1. The maximum atomic E-state index is 14.0. The number of amides is 1. The molecule has 5 rings (SSSR count). The maximum absolute atomic E-state index is 14.0. The van der Waals surface area contributed by atoms with Crippen molar-refractivity contribution in [3.63, 3.8) is 0 Å². The molecule has 3 aromatic carbocycles. The van der Waals surface area contributed by atoms with Gasteiger partial charge in [0.1, 0.15) is 23.9 Å². The summed E-state index contributed by atoms with van der Waals surface area (Å²) in [5.74, 6) is -0.700. The van der Waals surface area contributed by atoms with Gasteiger partial charge in [0, 0.05) is 18.5 Å². The first kappa shape index (κ1) is 34.0. The first-order chi connectivity index (χ1) is 20.7. The second-order valence-electron chi connectivity index (χ2n) is 9.27. The van der Waals surface area contributed by atoms with Crippen molar-refractivity contribution in [3.8, 4) is 22.6 Å². The first-order valence-electron chi connectivity index (χ1n) is 12.8. The number of hydrogen-bond donors (Lipinski definition) is 2. The number of hydrogen-bond acceptors (Lipinski definition) is 6. The number of halogens is 6. The average Bonchev–Trinajstić information content (AvgIpc) is 3.34. The van der Waals surface area contributed by atoms with Crippen molar-refractivity contribution in [2.75, 3.05) is 24.0 Å². The Bertz CT molecular complexity index is 1580. The number of anilines is 1. The second kappa shape index (κ2) is 14.3. The number of ether oxygens (including phenoxy) is 2. The van der Waals surface area contributed by atoms with Crippen molar-refractivity contribution in [1.82, 2.24) is 5.32 Å². The van der Waals surface area contributed by atoms with Crippen LogP contribution in [0.2, 0.25) is 0 Å². The highest BCUT2D eigenvalue weighted by Crippen LogP contribution is 2.40. The molecule has 0 radical (unpaired) electrons. The van der Waals surface area contributed by atoms with Crippen LogP contribution in [-0.2, 0) is 25.8 Å². The van der Waals surface area contributed by atoms with Gasteiger partial charge in [0.05, 0.1) is 22.7 Å². The highest BCUT2D eigenvalue weighted by atomic mass is 32.2. The van der Waals surface area contributed by atoms with E-state index in [0.29, 0.717) is 6.07 Å². The molecule has 16 heteroatoms. The lowest BCUT2D eigenvalue weighted by molar-refractivity contribution is -0.137. The molecule has 0 aromatic heterocycles. The van der Waals surface area contributed by atoms with Crippen LogP contribution in [0.1, 0.15) is 18.9 Å². The van der Waals surface area contributed by atoms with E-state index in [1.165, 1.54) is 18.2 Å². The van der Waals surface area contributed by atoms with Gasteiger partial charge in [-0.15, -0.1) is 0 Å². The number of sulfonamides is 1. The fraction of sp³-hybridized carbons (Fsp3) is 0.286. The number of rotatable bonds is 5. The normalized spacial score (nSPS) is 16.0. The largest absolute Gasteiger partial charge is 0.489 e. The van der Waals surface area contributed by atoms with E-state index < -0.39 is 44.8 Å². The standard InChI is InChI=1S/C22H15F6NO4S.C5H9NO.CH2O2/c23-16-8-14(9-17(12-16)33-21(24)25)13-4-5-20-19(10-13)29(6-7-32-20)34(30,31)18-3-1-2-15(11-18)22(26,27)28;1-4-2-3-6-5(4)7;2-1-3/h1-5,8-12,21H,6-7H2;4H,2-3H2,1H3,(H,6,7);1H,(H,2,3). The lowest BCUT2D eigenvalue weighted by Crippen LogP contribution is -2.38. The predicted octanol–water partition coefficient (Wildman–Crippen LogP) is 5.54. The molecule has 0 aliphatic carbocycles. The van der Waals surface area contributed by atoms with Crippen LogP contribution in [0.15, 0.2) is 65.6 Å². The highest BCUT2D eigenvalue weighted by molar-refractivity contribution is 7.92. The third-order valence-corrected chi connectivity index (χ3v) is 8.09. The Morgan fingerprint density at radius 3 is 2.36 bits per heavy atom. The average molecular weight is 649 g/mol. The van der Waals surface area contributed by atoms with E-state index in [1.54, 1.807) is 0 Å². The highest BCUT2D eigenvalue weighted by Gasteiger charge is 2.35. The minimum Gasteiger partial charge on any atom is -0.489 e. The summed E-state index contributed by atoms with van der Waals surface area (Å²) in [7, 11) is -4.43. The summed E-state index contributed by atoms with van der Waals surface area (Å²) < 4.78 is 115. The molecule has 44 heavy (non-hydrogen) atoms. The van der Waals surface area contributed by atoms with E-state index in [0.717, 1.165) is 53.7 Å². The van der Waals surface area contributed by atoms with Crippen molar-refractivity contribution in [1.29, 1.82) is 0 Å². The fourth-order valence-corrected chi connectivity index (χ4v) is 5.70. The minimum atomic E-state index is -4.74. The van der Waals surface area contributed by atoms with E-state index in [-0.39, 0.29) is 54.0 Å². The van der Waals surface area contributed by atoms with E-state index in [4.69, 9.17) is 14.6 Å². The molecule has 2 heterocycles. The quantitative estimate of drug-likeness (QED) is 0.275. The molecular formula is C28H26F6N2O7S. The molecular weight excluding hydrogens is 622 g/mol. The van der Waals surface area contributed by atoms with Gasteiger partial charge in [0.25, 0.3) is 16.5 Å². The maximum Gasteiger partial charge on any atom is 0.416 e. The van der Waals surface area contributed by atoms with Gasteiger partial charge in [-0.25, -0.2) is 12.8 Å². The van der Waals surface area contributed by atoms with Crippen LogP contribution in [0.3, 0.4) is 0 Å². The van der Waals surface area contributed by atoms with Crippen molar-refractivity contribution < 1.29 is 58.9 Å². The molecule has 1 fully saturated rings. The summed E-state index contributed by atoms with van der Waals surface area (Å²) in [6, 6.07) is 10.5. The Labute approximate surface area is 248 Å². The van der Waals surface area contributed by atoms with E-state index >= 15 is 0 Å². The second-order valence-corrected chi connectivity index (χ2v) is 11.1. The van der Waals surface area contributed by atoms with Crippen LogP contribution >= 0.6 is 0 Å². The monoisotopic (exact) mass is 648 g/mol.